The summed E-state index contributed by atoms with van der Waals surface area (Å²) in [5.74, 6) is 0. The number of halogens is 3. The standard InChI is InChI=1S/C6H9Cl3OS/c1-3-6(5(2)7)4-11(8,9)10/h4H,3H2,1-2H3. The number of rotatable bonds is 2. The Morgan fingerprint density at radius 3 is 2.09 bits per heavy atom. The van der Waals surface area contributed by atoms with E-state index in [1.54, 1.807) is 6.92 Å². The molecule has 5 heteroatoms. The second-order valence-electron chi connectivity index (χ2n) is 1.99. The summed E-state index contributed by atoms with van der Waals surface area (Å²) in [6, 6.07) is 0. The van der Waals surface area contributed by atoms with E-state index < -0.39 is 7.95 Å². The van der Waals surface area contributed by atoms with Crippen molar-refractivity contribution < 1.29 is 4.21 Å². The quantitative estimate of drug-likeness (QED) is 0.408. The molecule has 1 nitrogen and oxygen atoms in total. The average Bonchev–Trinajstić information content (AvgIpc) is 1.80. The third-order valence-corrected chi connectivity index (χ3v) is 2.44. The third kappa shape index (κ3) is 5.85. The van der Waals surface area contributed by atoms with Crippen LogP contribution >= 0.6 is 33.0 Å². The maximum Gasteiger partial charge on any atom is 0.137 e. The highest BCUT2D eigenvalue weighted by Gasteiger charge is 2.00. The van der Waals surface area contributed by atoms with E-state index in [0.717, 1.165) is 5.57 Å². The minimum atomic E-state index is -2.85. The normalized spacial score (nSPS) is 14.3. The van der Waals surface area contributed by atoms with Gasteiger partial charge in [-0.2, -0.15) is 0 Å². The van der Waals surface area contributed by atoms with Crippen molar-refractivity contribution in [1.82, 2.24) is 0 Å². The number of hydrogen-bond donors (Lipinski definition) is 0. The Bertz CT molecular complexity index is 262. The Hall–Kier alpha value is 0.630. The highest BCUT2D eigenvalue weighted by atomic mass is 36.0. The van der Waals surface area contributed by atoms with Crippen molar-refractivity contribution in [1.29, 1.82) is 0 Å². The van der Waals surface area contributed by atoms with Gasteiger partial charge in [0.25, 0.3) is 0 Å². The monoisotopic (exact) mass is 234 g/mol. The van der Waals surface area contributed by atoms with E-state index in [2.05, 4.69) is 0 Å². The molecule has 11 heavy (non-hydrogen) atoms. The summed E-state index contributed by atoms with van der Waals surface area (Å²) in [6.45, 7) is 3.59. The van der Waals surface area contributed by atoms with Crippen molar-refractivity contribution in [2.24, 2.45) is 0 Å². The molecular weight excluding hydrogens is 226 g/mol. The molecule has 66 valence electrons. The first kappa shape index (κ1) is 11.6. The van der Waals surface area contributed by atoms with Crippen LogP contribution in [0.15, 0.2) is 10.6 Å². The zero-order valence-corrected chi connectivity index (χ0v) is 9.32. The average molecular weight is 236 g/mol. The van der Waals surface area contributed by atoms with E-state index in [1.807, 2.05) is 6.92 Å². The molecule has 0 saturated carbocycles. The SMILES string of the molecule is CCC(C=S(=O)(Cl)Cl)=C(C)Cl. The summed E-state index contributed by atoms with van der Waals surface area (Å²) in [6.07, 6.45) is 0.672. The Labute approximate surface area is 81.3 Å². The highest BCUT2D eigenvalue weighted by molar-refractivity contribution is 8.38. The molecule has 0 amide bonds. The lowest BCUT2D eigenvalue weighted by atomic mass is 10.2. The number of hydrogen-bond acceptors (Lipinski definition) is 1. The molecule has 0 saturated heterocycles. The van der Waals surface area contributed by atoms with E-state index in [9.17, 15) is 4.21 Å². The first-order valence-electron chi connectivity index (χ1n) is 3.00. The molecule has 0 N–H and O–H groups in total. The molecule has 0 spiro atoms. The smallest absolute Gasteiger partial charge is 0.137 e. The summed E-state index contributed by atoms with van der Waals surface area (Å²) < 4.78 is 10.8. The van der Waals surface area contributed by atoms with E-state index in [4.69, 9.17) is 33.0 Å². The van der Waals surface area contributed by atoms with Crippen LogP contribution in [0.2, 0.25) is 0 Å². The van der Waals surface area contributed by atoms with Crippen LogP contribution in [0.3, 0.4) is 0 Å². The first-order valence-corrected chi connectivity index (χ1v) is 6.65. The van der Waals surface area contributed by atoms with Crippen molar-refractivity contribution in [3.8, 4) is 0 Å². The molecule has 0 unspecified atom stereocenters. The number of allylic oxidation sites excluding steroid dienone is 2. The van der Waals surface area contributed by atoms with Gasteiger partial charge in [-0.1, -0.05) is 18.5 Å². The van der Waals surface area contributed by atoms with E-state index in [1.165, 1.54) is 5.37 Å². The van der Waals surface area contributed by atoms with E-state index in [0.29, 0.717) is 11.5 Å². The molecule has 0 rings (SSSR count). The summed E-state index contributed by atoms with van der Waals surface area (Å²) in [5.41, 5.74) is 0.724. The van der Waals surface area contributed by atoms with Crippen LogP contribution in [-0.4, -0.2) is 9.58 Å². The Morgan fingerprint density at radius 2 is 2.00 bits per heavy atom. The Morgan fingerprint density at radius 1 is 1.55 bits per heavy atom. The molecule has 0 aliphatic rings. The van der Waals surface area contributed by atoms with Gasteiger partial charge in [-0.25, -0.2) is 4.21 Å². The molecule has 0 fully saturated rings. The fraction of sp³-hybridized carbons (Fsp3) is 0.500. The molecular formula is C6H9Cl3OS. The van der Waals surface area contributed by atoms with E-state index in [-0.39, 0.29) is 0 Å². The molecule has 0 aliphatic heterocycles. The van der Waals surface area contributed by atoms with Gasteiger partial charge in [0.15, 0.2) is 0 Å². The van der Waals surface area contributed by atoms with Crippen LogP contribution in [0, 0.1) is 0 Å². The predicted octanol–water partition coefficient (Wildman–Crippen LogP) is 3.30. The van der Waals surface area contributed by atoms with Crippen molar-refractivity contribution in [3.05, 3.63) is 10.6 Å². The summed E-state index contributed by atoms with van der Waals surface area (Å²) in [4.78, 5) is 0. The topological polar surface area (TPSA) is 17.1 Å². The van der Waals surface area contributed by atoms with Gasteiger partial charge in [0.1, 0.15) is 7.95 Å². The van der Waals surface area contributed by atoms with Crippen molar-refractivity contribution in [2.75, 3.05) is 0 Å². The summed E-state index contributed by atoms with van der Waals surface area (Å²) in [7, 11) is 7.74. The van der Waals surface area contributed by atoms with Crippen molar-refractivity contribution >= 4 is 46.3 Å². The third-order valence-electron chi connectivity index (χ3n) is 1.10. The van der Waals surface area contributed by atoms with Gasteiger partial charge in [0.05, 0.1) is 0 Å². The summed E-state index contributed by atoms with van der Waals surface area (Å²) >= 11 is 5.66. The largest absolute Gasteiger partial charge is 0.236 e. The van der Waals surface area contributed by atoms with Crippen LogP contribution in [0.25, 0.3) is 0 Å². The lowest BCUT2D eigenvalue weighted by Gasteiger charge is -1.97. The molecule has 0 aromatic heterocycles. The molecule has 0 aromatic rings. The minimum Gasteiger partial charge on any atom is -0.236 e. The fourth-order valence-corrected chi connectivity index (χ4v) is 2.15. The first-order chi connectivity index (χ1) is 4.87. The van der Waals surface area contributed by atoms with Gasteiger partial charge in [-0.05, 0) is 40.3 Å². The molecule has 0 heterocycles. The van der Waals surface area contributed by atoms with E-state index >= 15 is 0 Å². The van der Waals surface area contributed by atoms with Gasteiger partial charge in [-0.15, -0.1) is 0 Å². The highest BCUT2D eigenvalue weighted by Crippen LogP contribution is 2.14. The second-order valence-corrected chi connectivity index (χ2v) is 6.93. The molecule has 0 radical (unpaired) electrons. The van der Waals surface area contributed by atoms with Crippen molar-refractivity contribution in [2.45, 2.75) is 20.3 Å². The second kappa shape index (κ2) is 4.61. The van der Waals surface area contributed by atoms with Gasteiger partial charge in [-0.3, -0.25) is 0 Å². The van der Waals surface area contributed by atoms with Gasteiger partial charge < -0.3 is 0 Å². The van der Waals surface area contributed by atoms with Crippen molar-refractivity contribution in [3.63, 3.8) is 0 Å². The minimum absolute atomic E-state index is 0.571. The van der Waals surface area contributed by atoms with Gasteiger partial charge in [0.2, 0.25) is 0 Å². The van der Waals surface area contributed by atoms with Crippen LogP contribution in [0.1, 0.15) is 20.3 Å². The lowest BCUT2D eigenvalue weighted by Crippen LogP contribution is -1.90. The molecule has 0 atom stereocenters. The maximum atomic E-state index is 10.8. The fourth-order valence-electron chi connectivity index (χ4n) is 0.574. The molecule has 0 aliphatic carbocycles. The van der Waals surface area contributed by atoms with Crippen LogP contribution in [0.4, 0.5) is 0 Å². The zero-order chi connectivity index (χ0) is 9.07. The summed E-state index contributed by atoms with van der Waals surface area (Å²) in [5, 5.41) is 1.86. The molecule has 0 bridgehead atoms. The van der Waals surface area contributed by atoms with Crippen LogP contribution < -0.4 is 0 Å². The van der Waals surface area contributed by atoms with Gasteiger partial charge >= 0.3 is 0 Å². The predicted molar refractivity (Wildman–Crippen MR) is 54.8 cm³/mol. The zero-order valence-electron chi connectivity index (χ0n) is 6.23. The maximum absolute atomic E-state index is 10.8. The molecule has 0 aromatic carbocycles. The Balaban J connectivity index is 4.90. The van der Waals surface area contributed by atoms with Crippen LogP contribution in [0.5, 0.6) is 0 Å². The van der Waals surface area contributed by atoms with Gasteiger partial charge in [0, 0.05) is 10.4 Å². The lowest BCUT2D eigenvalue weighted by molar-refractivity contribution is 0.696. The van der Waals surface area contributed by atoms with Crippen LogP contribution in [-0.2, 0) is 7.95 Å². The Kier molecular flexibility index (Phi) is 4.87.